The highest BCUT2D eigenvalue weighted by molar-refractivity contribution is 4.80. The highest BCUT2D eigenvalue weighted by Gasteiger charge is 2.25. The fraction of sp³-hybridized carbons (Fsp3) is 1.00. The van der Waals surface area contributed by atoms with Crippen LogP contribution in [0, 0.1) is 11.3 Å². The van der Waals surface area contributed by atoms with Gasteiger partial charge < -0.3 is 5.73 Å². The molecule has 0 aliphatic rings. The first kappa shape index (κ1) is 17.9. The molecule has 2 atom stereocenters. The molecule has 2 N–H and O–H groups in total. The lowest BCUT2D eigenvalue weighted by molar-refractivity contribution is 0.113. The van der Waals surface area contributed by atoms with E-state index in [2.05, 4.69) is 46.4 Å². The van der Waals surface area contributed by atoms with Crippen molar-refractivity contribution in [2.45, 2.75) is 73.3 Å². The SMILES string of the molecule is CCCN(CC(C)(C)CN)C(CC)CC(C)CC. The van der Waals surface area contributed by atoms with Crippen molar-refractivity contribution in [2.24, 2.45) is 17.1 Å². The molecular formula is C16H36N2. The highest BCUT2D eigenvalue weighted by atomic mass is 15.2. The minimum absolute atomic E-state index is 0.234. The molecule has 2 nitrogen and oxygen atoms in total. The first-order valence-electron chi connectivity index (χ1n) is 7.84. The van der Waals surface area contributed by atoms with Crippen LogP contribution in [0.1, 0.15) is 67.2 Å². The van der Waals surface area contributed by atoms with E-state index in [0.29, 0.717) is 0 Å². The lowest BCUT2D eigenvalue weighted by Crippen LogP contribution is -2.45. The van der Waals surface area contributed by atoms with E-state index in [9.17, 15) is 0 Å². The molecule has 0 aromatic heterocycles. The summed E-state index contributed by atoms with van der Waals surface area (Å²) in [5.41, 5.74) is 6.13. The van der Waals surface area contributed by atoms with Crippen LogP contribution in [0.5, 0.6) is 0 Å². The van der Waals surface area contributed by atoms with Crippen LogP contribution >= 0.6 is 0 Å². The lowest BCUT2D eigenvalue weighted by atomic mass is 9.90. The molecule has 0 amide bonds. The van der Waals surface area contributed by atoms with Gasteiger partial charge in [0.25, 0.3) is 0 Å². The third-order valence-corrected chi connectivity index (χ3v) is 4.05. The fourth-order valence-electron chi connectivity index (χ4n) is 2.50. The van der Waals surface area contributed by atoms with Crippen LogP contribution in [0.2, 0.25) is 0 Å². The Morgan fingerprint density at radius 1 is 1.11 bits per heavy atom. The molecule has 0 saturated heterocycles. The topological polar surface area (TPSA) is 29.3 Å². The summed E-state index contributed by atoms with van der Waals surface area (Å²) in [7, 11) is 0. The molecule has 0 saturated carbocycles. The highest BCUT2D eigenvalue weighted by Crippen LogP contribution is 2.22. The molecule has 0 aliphatic carbocycles. The number of nitrogens with zero attached hydrogens (tertiary/aromatic N) is 1. The van der Waals surface area contributed by atoms with Gasteiger partial charge >= 0.3 is 0 Å². The molecule has 18 heavy (non-hydrogen) atoms. The maximum Gasteiger partial charge on any atom is 0.00954 e. The molecule has 0 bridgehead atoms. The van der Waals surface area contributed by atoms with Gasteiger partial charge in [0.05, 0.1) is 0 Å². The maximum absolute atomic E-state index is 5.89. The van der Waals surface area contributed by atoms with Crippen LogP contribution in [0.3, 0.4) is 0 Å². The third kappa shape index (κ3) is 6.75. The van der Waals surface area contributed by atoms with Crippen molar-refractivity contribution in [2.75, 3.05) is 19.6 Å². The van der Waals surface area contributed by atoms with Gasteiger partial charge in [0.15, 0.2) is 0 Å². The largest absolute Gasteiger partial charge is 0.330 e. The Morgan fingerprint density at radius 2 is 1.72 bits per heavy atom. The van der Waals surface area contributed by atoms with Gasteiger partial charge in [-0.3, -0.25) is 4.90 Å². The molecule has 0 aromatic rings. The third-order valence-electron chi connectivity index (χ3n) is 4.05. The minimum atomic E-state index is 0.234. The van der Waals surface area contributed by atoms with Crippen LogP contribution in [-0.4, -0.2) is 30.6 Å². The molecular weight excluding hydrogens is 220 g/mol. The Labute approximate surface area is 115 Å². The number of hydrogen-bond acceptors (Lipinski definition) is 2. The Balaban J connectivity index is 4.61. The summed E-state index contributed by atoms with van der Waals surface area (Å²) in [4.78, 5) is 2.68. The Bertz CT molecular complexity index is 201. The van der Waals surface area contributed by atoms with Gasteiger partial charge in [-0.25, -0.2) is 0 Å². The standard InChI is InChI=1S/C16H36N2/c1-7-10-18(13-16(5,6)12-17)15(9-3)11-14(4)8-2/h14-15H,7-13,17H2,1-6H3. The second-order valence-electron chi connectivity index (χ2n) is 6.65. The average molecular weight is 256 g/mol. The molecule has 0 aliphatic heterocycles. The first-order valence-corrected chi connectivity index (χ1v) is 7.84. The van der Waals surface area contributed by atoms with E-state index in [-0.39, 0.29) is 5.41 Å². The summed E-state index contributed by atoms with van der Waals surface area (Å²) in [5.74, 6) is 0.829. The molecule has 0 spiro atoms. The number of rotatable bonds is 10. The van der Waals surface area contributed by atoms with E-state index in [1.807, 2.05) is 0 Å². The molecule has 2 unspecified atom stereocenters. The summed E-state index contributed by atoms with van der Waals surface area (Å²) < 4.78 is 0. The van der Waals surface area contributed by atoms with E-state index < -0.39 is 0 Å². The van der Waals surface area contributed by atoms with Crippen molar-refractivity contribution in [3.63, 3.8) is 0 Å². The Kier molecular flexibility index (Phi) is 8.89. The van der Waals surface area contributed by atoms with Crippen molar-refractivity contribution in [3.8, 4) is 0 Å². The van der Waals surface area contributed by atoms with Crippen molar-refractivity contribution in [3.05, 3.63) is 0 Å². The predicted molar refractivity (Wildman–Crippen MR) is 82.9 cm³/mol. The normalized spacial score (nSPS) is 16.0. The van der Waals surface area contributed by atoms with Gasteiger partial charge in [-0.2, -0.15) is 0 Å². The quantitative estimate of drug-likeness (QED) is 0.642. The average Bonchev–Trinajstić information content (AvgIpc) is 2.34. The maximum atomic E-state index is 5.89. The van der Waals surface area contributed by atoms with Crippen molar-refractivity contribution in [1.82, 2.24) is 4.90 Å². The smallest absolute Gasteiger partial charge is 0.00954 e. The molecule has 110 valence electrons. The van der Waals surface area contributed by atoms with Gasteiger partial charge in [-0.1, -0.05) is 48.0 Å². The van der Waals surface area contributed by atoms with Crippen LogP contribution in [0.15, 0.2) is 0 Å². The monoisotopic (exact) mass is 256 g/mol. The molecule has 0 rings (SSSR count). The van der Waals surface area contributed by atoms with Crippen LogP contribution < -0.4 is 5.73 Å². The van der Waals surface area contributed by atoms with Gasteiger partial charge in [0.1, 0.15) is 0 Å². The molecule has 0 heterocycles. The van der Waals surface area contributed by atoms with E-state index in [4.69, 9.17) is 5.73 Å². The van der Waals surface area contributed by atoms with E-state index in [1.54, 1.807) is 0 Å². The van der Waals surface area contributed by atoms with Crippen LogP contribution in [-0.2, 0) is 0 Å². The van der Waals surface area contributed by atoms with Gasteiger partial charge in [0, 0.05) is 12.6 Å². The van der Waals surface area contributed by atoms with Crippen molar-refractivity contribution in [1.29, 1.82) is 0 Å². The van der Waals surface area contributed by atoms with E-state index in [1.165, 1.54) is 32.2 Å². The van der Waals surface area contributed by atoms with Gasteiger partial charge in [-0.05, 0) is 43.7 Å². The fourth-order valence-corrected chi connectivity index (χ4v) is 2.50. The Hall–Kier alpha value is -0.0800. The first-order chi connectivity index (χ1) is 8.40. The molecule has 2 heteroatoms. The second kappa shape index (κ2) is 8.92. The number of nitrogens with two attached hydrogens (primary N) is 1. The molecule has 0 radical (unpaired) electrons. The van der Waals surface area contributed by atoms with E-state index in [0.717, 1.165) is 25.0 Å². The summed E-state index contributed by atoms with van der Waals surface area (Å²) in [6, 6.07) is 0.728. The van der Waals surface area contributed by atoms with Crippen molar-refractivity contribution >= 4 is 0 Å². The summed E-state index contributed by atoms with van der Waals surface area (Å²) >= 11 is 0. The zero-order valence-electron chi connectivity index (χ0n) is 13.6. The van der Waals surface area contributed by atoms with Crippen LogP contribution in [0.25, 0.3) is 0 Å². The Morgan fingerprint density at radius 3 is 2.11 bits per heavy atom. The minimum Gasteiger partial charge on any atom is -0.330 e. The predicted octanol–water partition coefficient (Wildman–Crippen LogP) is 3.90. The van der Waals surface area contributed by atoms with Crippen LogP contribution in [0.4, 0.5) is 0 Å². The van der Waals surface area contributed by atoms with Gasteiger partial charge in [-0.15, -0.1) is 0 Å². The zero-order chi connectivity index (χ0) is 14.2. The summed E-state index contributed by atoms with van der Waals surface area (Å²) in [6.45, 7) is 16.9. The van der Waals surface area contributed by atoms with E-state index >= 15 is 0 Å². The van der Waals surface area contributed by atoms with Gasteiger partial charge in [0.2, 0.25) is 0 Å². The molecule has 0 aromatic carbocycles. The summed E-state index contributed by atoms with van der Waals surface area (Å²) in [5, 5.41) is 0. The zero-order valence-corrected chi connectivity index (χ0v) is 13.6. The number of hydrogen-bond donors (Lipinski definition) is 1. The second-order valence-corrected chi connectivity index (χ2v) is 6.65. The lowest BCUT2D eigenvalue weighted by Gasteiger charge is -2.38. The van der Waals surface area contributed by atoms with Crippen molar-refractivity contribution < 1.29 is 0 Å². The molecule has 0 fully saturated rings. The summed E-state index contributed by atoms with van der Waals surface area (Å²) in [6.07, 6.45) is 5.10.